The summed E-state index contributed by atoms with van der Waals surface area (Å²) in [7, 11) is 0. The van der Waals surface area contributed by atoms with Crippen molar-refractivity contribution in [1.29, 1.82) is 0 Å². The lowest BCUT2D eigenvalue weighted by Gasteiger charge is -2.38. The molecule has 2 aliphatic heterocycles. The fourth-order valence-electron chi connectivity index (χ4n) is 3.76. The maximum atomic E-state index is 6.40. The van der Waals surface area contributed by atoms with Crippen LogP contribution in [0.2, 0.25) is 5.02 Å². The highest BCUT2D eigenvalue weighted by Crippen LogP contribution is 2.48. The lowest BCUT2D eigenvalue weighted by molar-refractivity contribution is -0.0191. The van der Waals surface area contributed by atoms with Crippen LogP contribution in [0.15, 0.2) is 80.8 Å². The van der Waals surface area contributed by atoms with Crippen molar-refractivity contribution < 1.29 is 4.74 Å². The van der Waals surface area contributed by atoms with Gasteiger partial charge in [0, 0.05) is 31.5 Å². The summed E-state index contributed by atoms with van der Waals surface area (Å²) in [5.74, 6) is 0.905. The van der Waals surface area contributed by atoms with Gasteiger partial charge in [-0.1, -0.05) is 67.7 Å². The van der Waals surface area contributed by atoms with E-state index in [1.807, 2.05) is 48.5 Å². The Labute approximate surface area is 185 Å². The van der Waals surface area contributed by atoms with Gasteiger partial charge in [-0.05, 0) is 48.0 Å². The molecule has 140 valence electrons. The van der Waals surface area contributed by atoms with Crippen LogP contribution in [0.5, 0.6) is 5.75 Å². The van der Waals surface area contributed by atoms with Crippen molar-refractivity contribution in [2.45, 2.75) is 18.7 Å². The minimum absolute atomic E-state index is 0.121. The summed E-state index contributed by atoms with van der Waals surface area (Å²) in [5.41, 5.74) is 4.34. The van der Waals surface area contributed by atoms with E-state index < -0.39 is 0 Å². The molecule has 5 rings (SSSR count). The van der Waals surface area contributed by atoms with E-state index >= 15 is 0 Å². The highest BCUT2D eigenvalue weighted by Gasteiger charge is 2.41. The van der Waals surface area contributed by atoms with Crippen molar-refractivity contribution in [3.63, 3.8) is 0 Å². The highest BCUT2D eigenvalue weighted by molar-refractivity contribution is 9.10. The van der Waals surface area contributed by atoms with Crippen LogP contribution in [0.1, 0.15) is 35.4 Å². The first-order valence-electron chi connectivity index (χ1n) is 8.92. The first-order chi connectivity index (χ1) is 13.6. The molecule has 2 aliphatic rings. The standard InChI is InChI=1S/C22H15Br2ClN2O/c23-15-3-1-2-14(10-15)22-27-20(18-11-16(24)6-9-21(18)28-22)12-19(26-27)13-4-7-17(25)8-5-13/h1-11,20,22H,12H2/t20-,22-/m0/s1. The second kappa shape index (κ2) is 7.21. The van der Waals surface area contributed by atoms with Gasteiger partial charge < -0.3 is 4.74 Å². The Balaban J connectivity index is 1.61. The van der Waals surface area contributed by atoms with Crippen LogP contribution in [-0.4, -0.2) is 10.7 Å². The summed E-state index contributed by atoms with van der Waals surface area (Å²) in [6.07, 6.45) is 0.542. The van der Waals surface area contributed by atoms with Gasteiger partial charge in [-0.15, -0.1) is 0 Å². The second-order valence-electron chi connectivity index (χ2n) is 6.86. The molecule has 3 aromatic carbocycles. The van der Waals surface area contributed by atoms with Crippen molar-refractivity contribution in [1.82, 2.24) is 5.01 Å². The van der Waals surface area contributed by atoms with Gasteiger partial charge in [0.2, 0.25) is 6.23 Å². The number of benzene rings is 3. The molecule has 2 atom stereocenters. The van der Waals surface area contributed by atoms with Gasteiger partial charge in [-0.2, -0.15) is 5.10 Å². The zero-order valence-corrected chi connectivity index (χ0v) is 18.6. The Kier molecular flexibility index (Phi) is 4.69. The molecule has 28 heavy (non-hydrogen) atoms. The number of hydrogen-bond donors (Lipinski definition) is 0. The molecule has 0 fully saturated rings. The predicted molar refractivity (Wildman–Crippen MR) is 119 cm³/mol. The number of hydrazone groups is 1. The normalized spacial score (nSPS) is 20.2. The van der Waals surface area contributed by atoms with E-state index in [2.05, 4.69) is 55.1 Å². The minimum atomic E-state index is -0.277. The summed E-state index contributed by atoms with van der Waals surface area (Å²) >= 11 is 13.2. The largest absolute Gasteiger partial charge is 0.464 e. The molecule has 0 radical (unpaired) electrons. The van der Waals surface area contributed by atoms with E-state index in [0.717, 1.165) is 48.5 Å². The molecule has 0 N–H and O–H groups in total. The summed E-state index contributed by atoms with van der Waals surface area (Å²) in [4.78, 5) is 0. The van der Waals surface area contributed by atoms with E-state index in [4.69, 9.17) is 21.4 Å². The highest BCUT2D eigenvalue weighted by atomic mass is 79.9. The number of rotatable bonds is 2. The topological polar surface area (TPSA) is 24.8 Å². The molecule has 3 nitrogen and oxygen atoms in total. The Hall–Kier alpha value is -1.82. The number of fused-ring (bicyclic) bond motifs is 3. The number of nitrogens with zero attached hydrogens (tertiary/aromatic N) is 2. The molecule has 0 spiro atoms. The smallest absolute Gasteiger partial charge is 0.213 e. The average Bonchev–Trinajstić information content (AvgIpc) is 3.14. The van der Waals surface area contributed by atoms with Crippen molar-refractivity contribution in [2.24, 2.45) is 5.10 Å². The molecule has 0 unspecified atom stereocenters. The van der Waals surface area contributed by atoms with E-state index in [0.29, 0.717) is 0 Å². The SMILES string of the molecule is Clc1ccc(C2=NN3[C@@H](C2)c2cc(Br)ccc2O[C@H]3c2cccc(Br)c2)cc1. The lowest BCUT2D eigenvalue weighted by atomic mass is 9.96. The second-order valence-corrected chi connectivity index (χ2v) is 9.13. The molecule has 0 saturated heterocycles. The third-order valence-corrected chi connectivity index (χ3v) is 6.30. The first-order valence-corrected chi connectivity index (χ1v) is 10.9. The minimum Gasteiger partial charge on any atom is -0.464 e. The van der Waals surface area contributed by atoms with Gasteiger partial charge in [-0.3, -0.25) is 0 Å². The van der Waals surface area contributed by atoms with E-state index in [1.165, 1.54) is 0 Å². The molecule has 0 amide bonds. The maximum absolute atomic E-state index is 6.40. The Morgan fingerprint density at radius 1 is 0.964 bits per heavy atom. The molecule has 0 saturated carbocycles. The van der Waals surface area contributed by atoms with Gasteiger partial charge in [0.1, 0.15) is 5.75 Å². The van der Waals surface area contributed by atoms with Crippen molar-refractivity contribution in [3.8, 4) is 5.75 Å². The molecule has 2 heterocycles. The number of halogens is 3. The Morgan fingerprint density at radius 2 is 1.75 bits per heavy atom. The van der Waals surface area contributed by atoms with Crippen LogP contribution in [0.4, 0.5) is 0 Å². The number of hydrogen-bond acceptors (Lipinski definition) is 3. The van der Waals surface area contributed by atoms with Crippen LogP contribution >= 0.6 is 43.5 Å². The van der Waals surface area contributed by atoms with Crippen molar-refractivity contribution in [3.05, 3.63) is 97.4 Å². The Morgan fingerprint density at radius 3 is 2.54 bits per heavy atom. The van der Waals surface area contributed by atoms with Crippen LogP contribution in [0.3, 0.4) is 0 Å². The molecule has 3 aromatic rings. The van der Waals surface area contributed by atoms with Gasteiger partial charge in [-0.25, -0.2) is 5.01 Å². The molecule has 0 aromatic heterocycles. The average molecular weight is 519 g/mol. The van der Waals surface area contributed by atoms with Gasteiger partial charge in [0.05, 0.1) is 11.8 Å². The summed E-state index contributed by atoms with van der Waals surface area (Å²) in [6, 6.07) is 22.4. The van der Waals surface area contributed by atoms with Crippen LogP contribution in [-0.2, 0) is 0 Å². The van der Waals surface area contributed by atoms with Gasteiger partial charge >= 0.3 is 0 Å². The fourth-order valence-corrected chi connectivity index (χ4v) is 4.68. The van der Waals surface area contributed by atoms with Crippen LogP contribution < -0.4 is 4.74 Å². The zero-order valence-electron chi connectivity index (χ0n) is 14.6. The summed E-state index contributed by atoms with van der Waals surface area (Å²) in [6.45, 7) is 0. The Bertz CT molecular complexity index is 1080. The maximum Gasteiger partial charge on any atom is 0.213 e. The van der Waals surface area contributed by atoms with Crippen LogP contribution in [0, 0.1) is 0 Å². The van der Waals surface area contributed by atoms with Gasteiger partial charge in [0.15, 0.2) is 0 Å². The summed E-state index contributed by atoms with van der Waals surface area (Å²) < 4.78 is 8.46. The van der Waals surface area contributed by atoms with E-state index in [9.17, 15) is 0 Å². The third kappa shape index (κ3) is 3.25. The molecule has 0 aliphatic carbocycles. The van der Waals surface area contributed by atoms with Crippen molar-refractivity contribution in [2.75, 3.05) is 0 Å². The van der Waals surface area contributed by atoms with Gasteiger partial charge in [0.25, 0.3) is 0 Å². The number of ether oxygens (including phenoxy) is 1. The lowest BCUT2D eigenvalue weighted by Crippen LogP contribution is -2.33. The molecule has 0 bridgehead atoms. The summed E-state index contributed by atoms with van der Waals surface area (Å²) in [5, 5.41) is 7.79. The van der Waals surface area contributed by atoms with Crippen LogP contribution in [0.25, 0.3) is 0 Å². The molecule has 6 heteroatoms. The quantitative estimate of drug-likeness (QED) is 0.361. The fraction of sp³-hybridized carbons (Fsp3) is 0.136. The molecular formula is C22H15Br2ClN2O. The zero-order chi connectivity index (χ0) is 19.3. The van der Waals surface area contributed by atoms with E-state index in [-0.39, 0.29) is 12.3 Å². The monoisotopic (exact) mass is 516 g/mol. The molecular weight excluding hydrogens is 504 g/mol. The van der Waals surface area contributed by atoms with Crippen molar-refractivity contribution >= 4 is 49.2 Å². The third-order valence-electron chi connectivity index (χ3n) is 5.06. The predicted octanol–water partition coefficient (Wildman–Crippen LogP) is 7.11. The first kappa shape index (κ1) is 18.2. The van der Waals surface area contributed by atoms with E-state index in [1.54, 1.807) is 0 Å².